The molecule has 0 unspecified atom stereocenters. The minimum atomic E-state index is 0.217. The third-order valence-corrected chi connectivity index (χ3v) is 5.99. The van der Waals surface area contributed by atoms with E-state index in [1.807, 2.05) is 16.8 Å². The second kappa shape index (κ2) is 6.69. The van der Waals surface area contributed by atoms with Crippen LogP contribution in [-0.2, 0) is 0 Å². The minimum absolute atomic E-state index is 0.217. The average molecular weight is 321 g/mol. The van der Waals surface area contributed by atoms with Crippen molar-refractivity contribution in [2.24, 2.45) is 0 Å². The first-order valence-electron chi connectivity index (χ1n) is 8.32. The van der Waals surface area contributed by atoms with Gasteiger partial charge in [0, 0.05) is 37.1 Å². The lowest BCUT2D eigenvalue weighted by Crippen LogP contribution is -2.54. The summed E-state index contributed by atoms with van der Waals surface area (Å²) in [6.45, 7) is 5.33. The minimum Gasteiger partial charge on any atom is -0.338 e. The summed E-state index contributed by atoms with van der Waals surface area (Å²) in [5.41, 5.74) is 1.22. The smallest absolute Gasteiger partial charge is 0.254 e. The molecule has 0 saturated carbocycles. The first-order chi connectivity index (χ1) is 10.6. The van der Waals surface area contributed by atoms with Crippen LogP contribution >= 0.6 is 11.3 Å². The molecule has 1 spiro atoms. The number of hydrogen-bond donors (Lipinski definition) is 0. The van der Waals surface area contributed by atoms with Crippen LogP contribution in [0.3, 0.4) is 0 Å². The molecule has 2 fully saturated rings. The summed E-state index contributed by atoms with van der Waals surface area (Å²) in [6.07, 6.45) is 4.89. The van der Waals surface area contributed by atoms with Crippen LogP contribution in [-0.4, -0.2) is 73.0 Å². The van der Waals surface area contributed by atoms with Crippen LogP contribution in [0, 0.1) is 0 Å². The molecule has 122 valence electrons. The van der Waals surface area contributed by atoms with E-state index in [-0.39, 0.29) is 5.91 Å². The highest BCUT2D eigenvalue weighted by molar-refractivity contribution is 7.08. The molecule has 0 bridgehead atoms. The lowest BCUT2D eigenvalue weighted by atomic mass is 9.84. The highest BCUT2D eigenvalue weighted by Gasteiger charge is 2.43. The normalized spacial score (nSPS) is 21.9. The number of carbonyl (C=O) groups excluding carboxylic acids is 1. The van der Waals surface area contributed by atoms with Crippen LogP contribution < -0.4 is 0 Å². The number of rotatable bonds is 4. The van der Waals surface area contributed by atoms with Crippen molar-refractivity contribution in [3.63, 3.8) is 0 Å². The highest BCUT2D eigenvalue weighted by Crippen LogP contribution is 2.38. The van der Waals surface area contributed by atoms with Gasteiger partial charge < -0.3 is 9.80 Å². The maximum atomic E-state index is 12.5. The topological polar surface area (TPSA) is 26.8 Å². The van der Waals surface area contributed by atoms with Crippen molar-refractivity contribution in [2.75, 3.05) is 46.8 Å². The van der Waals surface area contributed by atoms with E-state index in [9.17, 15) is 4.79 Å². The molecule has 2 saturated heterocycles. The van der Waals surface area contributed by atoms with Crippen molar-refractivity contribution in [1.29, 1.82) is 0 Å². The van der Waals surface area contributed by atoms with Gasteiger partial charge in [0.1, 0.15) is 0 Å². The van der Waals surface area contributed by atoms with Crippen LogP contribution in [0.15, 0.2) is 16.8 Å². The van der Waals surface area contributed by atoms with Gasteiger partial charge in [-0.15, -0.1) is 0 Å². The van der Waals surface area contributed by atoms with Crippen molar-refractivity contribution in [2.45, 2.75) is 31.2 Å². The van der Waals surface area contributed by atoms with Gasteiger partial charge in [-0.3, -0.25) is 9.69 Å². The van der Waals surface area contributed by atoms with Crippen LogP contribution in [0.2, 0.25) is 0 Å². The SMILES string of the molecule is CN(C)CCN1CCCC12CCN(C(=O)c1ccsc1)CC2. The molecule has 4 nitrogen and oxygen atoms in total. The fourth-order valence-electron chi connectivity index (χ4n) is 3.92. The third-order valence-electron chi connectivity index (χ3n) is 5.31. The molecule has 0 atom stereocenters. The fourth-order valence-corrected chi connectivity index (χ4v) is 4.55. The lowest BCUT2D eigenvalue weighted by Gasteiger charge is -2.45. The number of hydrogen-bond acceptors (Lipinski definition) is 4. The predicted molar refractivity (Wildman–Crippen MR) is 91.5 cm³/mol. The number of piperidine rings is 1. The second-order valence-electron chi connectivity index (χ2n) is 6.92. The number of amides is 1. The van der Waals surface area contributed by atoms with Gasteiger partial charge in [-0.05, 0) is 57.8 Å². The second-order valence-corrected chi connectivity index (χ2v) is 7.70. The van der Waals surface area contributed by atoms with Gasteiger partial charge in [-0.1, -0.05) is 0 Å². The zero-order valence-corrected chi connectivity index (χ0v) is 14.6. The van der Waals surface area contributed by atoms with E-state index in [1.165, 1.54) is 19.4 Å². The average Bonchev–Trinajstić information content (AvgIpc) is 3.16. The van der Waals surface area contributed by atoms with Gasteiger partial charge in [-0.25, -0.2) is 0 Å². The third kappa shape index (κ3) is 3.21. The summed E-state index contributed by atoms with van der Waals surface area (Å²) in [7, 11) is 4.29. The summed E-state index contributed by atoms with van der Waals surface area (Å²) >= 11 is 1.60. The molecular weight excluding hydrogens is 294 g/mol. The van der Waals surface area contributed by atoms with E-state index in [1.54, 1.807) is 11.3 Å². The number of carbonyl (C=O) groups is 1. The maximum absolute atomic E-state index is 12.5. The van der Waals surface area contributed by atoms with Gasteiger partial charge in [0.2, 0.25) is 0 Å². The molecule has 3 rings (SSSR count). The number of likely N-dealkylation sites (tertiary alicyclic amines) is 2. The zero-order valence-electron chi connectivity index (χ0n) is 13.8. The Morgan fingerprint density at radius 1 is 1.27 bits per heavy atom. The maximum Gasteiger partial charge on any atom is 0.254 e. The molecule has 5 heteroatoms. The van der Waals surface area contributed by atoms with Gasteiger partial charge in [0.25, 0.3) is 5.91 Å². The molecule has 2 aliphatic heterocycles. The van der Waals surface area contributed by atoms with E-state index in [2.05, 4.69) is 28.8 Å². The van der Waals surface area contributed by atoms with Crippen molar-refractivity contribution in [3.05, 3.63) is 22.4 Å². The molecule has 3 heterocycles. The van der Waals surface area contributed by atoms with Gasteiger partial charge in [0.05, 0.1) is 5.56 Å². The summed E-state index contributed by atoms with van der Waals surface area (Å²) < 4.78 is 0. The van der Waals surface area contributed by atoms with E-state index < -0.39 is 0 Å². The summed E-state index contributed by atoms with van der Waals surface area (Å²) in [5.74, 6) is 0.217. The summed E-state index contributed by atoms with van der Waals surface area (Å²) in [5, 5.41) is 3.95. The Labute approximate surface area is 137 Å². The molecule has 0 aliphatic carbocycles. The first-order valence-corrected chi connectivity index (χ1v) is 9.26. The molecule has 1 amide bonds. The largest absolute Gasteiger partial charge is 0.338 e. The summed E-state index contributed by atoms with van der Waals surface area (Å²) in [4.78, 5) is 19.5. The van der Waals surface area contributed by atoms with Gasteiger partial charge in [-0.2, -0.15) is 11.3 Å². The lowest BCUT2D eigenvalue weighted by molar-refractivity contribution is 0.0394. The monoisotopic (exact) mass is 321 g/mol. The van der Waals surface area contributed by atoms with E-state index in [4.69, 9.17) is 0 Å². The Bertz CT molecular complexity index is 492. The Morgan fingerprint density at radius 2 is 2.05 bits per heavy atom. The van der Waals surface area contributed by atoms with Crippen molar-refractivity contribution < 1.29 is 4.79 Å². The fraction of sp³-hybridized carbons (Fsp3) is 0.706. The van der Waals surface area contributed by atoms with Crippen LogP contribution in [0.1, 0.15) is 36.0 Å². The van der Waals surface area contributed by atoms with Crippen LogP contribution in [0.4, 0.5) is 0 Å². The van der Waals surface area contributed by atoms with Crippen LogP contribution in [0.25, 0.3) is 0 Å². The Hall–Kier alpha value is -0.910. The molecule has 1 aromatic heterocycles. The highest BCUT2D eigenvalue weighted by atomic mass is 32.1. The number of nitrogens with zero attached hydrogens (tertiary/aromatic N) is 3. The van der Waals surface area contributed by atoms with Gasteiger partial charge >= 0.3 is 0 Å². The van der Waals surface area contributed by atoms with E-state index in [0.717, 1.165) is 44.6 Å². The molecule has 0 radical (unpaired) electrons. The zero-order chi connectivity index (χ0) is 15.6. The molecule has 0 aromatic carbocycles. The molecule has 1 aromatic rings. The van der Waals surface area contributed by atoms with Crippen molar-refractivity contribution in [3.8, 4) is 0 Å². The standard InChI is InChI=1S/C17H27N3OS/c1-18(2)11-12-20-8-3-5-17(20)6-9-19(10-7-17)16(21)15-4-13-22-14-15/h4,13-14H,3,5-12H2,1-2H3. The Kier molecular flexibility index (Phi) is 4.85. The van der Waals surface area contributed by atoms with Crippen molar-refractivity contribution in [1.82, 2.24) is 14.7 Å². The Balaban J connectivity index is 1.59. The molecule has 22 heavy (non-hydrogen) atoms. The number of thiophene rings is 1. The molecular formula is C17H27N3OS. The molecule has 0 N–H and O–H groups in total. The van der Waals surface area contributed by atoms with E-state index >= 15 is 0 Å². The molecule has 2 aliphatic rings. The predicted octanol–water partition coefficient (Wildman–Crippen LogP) is 2.38. The van der Waals surface area contributed by atoms with Crippen molar-refractivity contribution >= 4 is 17.2 Å². The van der Waals surface area contributed by atoms with Crippen LogP contribution in [0.5, 0.6) is 0 Å². The quantitative estimate of drug-likeness (QED) is 0.852. The number of likely N-dealkylation sites (N-methyl/N-ethyl adjacent to an activating group) is 1. The van der Waals surface area contributed by atoms with E-state index in [0.29, 0.717) is 5.54 Å². The Morgan fingerprint density at radius 3 is 2.68 bits per heavy atom. The van der Waals surface area contributed by atoms with Gasteiger partial charge in [0.15, 0.2) is 0 Å². The first kappa shape index (κ1) is 16.0. The summed E-state index contributed by atoms with van der Waals surface area (Å²) in [6, 6.07) is 1.94.